The topological polar surface area (TPSA) is 78.5 Å². The molecule has 28 heavy (non-hydrogen) atoms. The first kappa shape index (κ1) is 22.7. The van der Waals surface area contributed by atoms with Crippen LogP contribution in [0.2, 0.25) is 0 Å². The van der Waals surface area contributed by atoms with Gasteiger partial charge in [0.25, 0.3) is 0 Å². The van der Waals surface area contributed by atoms with E-state index in [2.05, 4.69) is 21.0 Å². The molecule has 4 rings (SSSR count). The Labute approximate surface area is 210 Å². The van der Waals surface area contributed by atoms with Crippen LogP contribution in [-0.4, -0.2) is 96.1 Å². The number of rotatable bonds is 3. The van der Waals surface area contributed by atoms with Crippen molar-refractivity contribution >= 4 is 73.1 Å². The summed E-state index contributed by atoms with van der Waals surface area (Å²) in [5.41, 5.74) is 5.94. The van der Waals surface area contributed by atoms with Crippen LogP contribution in [-0.2, 0) is 35.7 Å². The van der Waals surface area contributed by atoms with Gasteiger partial charge in [0.2, 0.25) is 10.0 Å². The molecule has 0 bridgehead atoms. The number of amides is 2. The number of hydrogen-bond donors (Lipinski definition) is 2. The predicted molar refractivity (Wildman–Crippen MR) is 112 cm³/mol. The first-order valence-corrected chi connectivity index (χ1v) is 11.7. The summed E-state index contributed by atoms with van der Waals surface area (Å²) in [6.07, 6.45) is 8.21. The van der Waals surface area contributed by atoms with Crippen LogP contribution in [0.15, 0.2) is 6.07 Å². The average molecular weight is 431 g/mol. The molecule has 1 aliphatic heterocycles. The number of carbonyl (C=O) groups excluding carboxylic acids is 1. The largest absolute Gasteiger partial charge is 0.332 e. The van der Waals surface area contributed by atoms with Gasteiger partial charge in [-0.15, -0.1) is 0 Å². The smallest absolute Gasteiger partial charge is 0.307 e. The van der Waals surface area contributed by atoms with Crippen LogP contribution in [0.5, 0.6) is 0 Å². The number of likely N-dealkylation sites (tertiary alicyclic amines) is 1. The van der Waals surface area contributed by atoms with Gasteiger partial charge in [-0.25, -0.2) is 17.9 Å². The number of sulfonamides is 1. The average Bonchev–Trinajstić information content (AvgIpc) is 3.20. The normalized spacial score (nSPS) is 22.0. The van der Waals surface area contributed by atoms with E-state index < -0.39 is 21.3 Å². The fourth-order valence-corrected chi connectivity index (χ4v) is 6.21. The van der Waals surface area contributed by atoms with E-state index in [0.29, 0.717) is 12.8 Å². The summed E-state index contributed by atoms with van der Waals surface area (Å²) in [6, 6.07) is 1.69. The van der Waals surface area contributed by atoms with Crippen molar-refractivity contribution < 1.29 is 13.2 Å². The van der Waals surface area contributed by atoms with Gasteiger partial charge in [0.05, 0.1) is 5.25 Å². The molecule has 1 saturated heterocycles. The van der Waals surface area contributed by atoms with Gasteiger partial charge in [0.15, 0.2) is 0 Å². The molecule has 0 spiro atoms. The fraction of sp³-hybridized carbons (Fsp3) is 0.650. The van der Waals surface area contributed by atoms with Gasteiger partial charge in [-0.05, 0) is 100 Å². The van der Waals surface area contributed by atoms with Gasteiger partial charge < -0.3 is 10.2 Å². The van der Waals surface area contributed by atoms with E-state index in [1.165, 1.54) is 22.3 Å². The van der Waals surface area contributed by atoms with Gasteiger partial charge >= 0.3 is 6.03 Å². The Morgan fingerprint density at radius 1 is 1.00 bits per heavy atom. The van der Waals surface area contributed by atoms with Crippen molar-refractivity contribution in [3.8, 4) is 0 Å². The summed E-state index contributed by atoms with van der Waals surface area (Å²) in [5.74, 6) is 0. The maximum atomic E-state index is 12.7. The molecule has 1 aromatic carbocycles. The molecule has 6 nitrogen and oxygen atoms in total. The van der Waals surface area contributed by atoms with Crippen molar-refractivity contribution in [2.24, 2.45) is 0 Å². The minimum Gasteiger partial charge on any atom is -0.307 e. The zero-order valence-electron chi connectivity index (χ0n) is 17.0. The van der Waals surface area contributed by atoms with Crippen LogP contribution in [0.3, 0.4) is 0 Å². The summed E-state index contributed by atoms with van der Waals surface area (Å²) in [4.78, 5) is 14.8. The fourth-order valence-electron chi connectivity index (χ4n) is 4.84. The van der Waals surface area contributed by atoms with Gasteiger partial charge in [-0.2, -0.15) is 0 Å². The van der Waals surface area contributed by atoms with E-state index in [1.54, 1.807) is 0 Å². The van der Waals surface area contributed by atoms with Gasteiger partial charge in [0.1, 0.15) is 0 Å². The molecule has 2 amide bonds. The molecule has 0 saturated carbocycles. The van der Waals surface area contributed by atoms with Crippen LogP contribution in [0.1, 0.15) is 54.4 Å². The molecule has 1 unspecified atom stereocenters. The van der Waals surface area contributed by atoms with Crippen molar-refractivity contribution in [3.05, 3.63) is 28.3 Å². The summed E-state index contributed by atoms with van der Waals surface area (Å²) < 4.78 is 27.7. The summed E-state index contributed by atoms with van der Waals surface area (Å²) in [7, 11) is -1.66. The van der Waals surface area contributed by atoms with Crippen molar-refractivity contribution in [2.45, 2.75) is 63.0 Å². The molecule has 149 valence electrons. The third kappa shape index (κ3) is 4.85. The summed E-state index contributed by atoms with van der Waals surface area (Å²) >= 11 is 0. The van der Waals surface area contributed by atoms with Crippen LogP contribution in [0.25, 0.3) is 0 Å². The van der Waals surface area contributed by atoms with Crippen LogP contribution in [0.4, 0.5) is 10.5 Å². The number of carbonyl (C=O) groups is 1. The molecule has 1 radical (unpaired) electrons. The summed E-state index contributed by atoms with van der Waals surface area (Å²) in [6.45, 7) is 1.65. The number of benzene rings is 1. The molecule has 1 atom stereocenters. The van der Waals surface area contributed by atoms with E-state index in [4.69, 9.17) is 0 Å². The number of urea groups is 1. The van der Waals surface area contributed by atoms with E-state index in [0.717, 1.165) is 63.7 Å². The third-order valence-electron chi connectivity index (χ3n) is 6.28. The van der Waals surface area contributed by atoms with E-state index in [1.807, 2.05) is 7.05 Å². The Morgan fingerprint density at radius 3 is 2.29 bits per heavy atom. The van der Waals surface area contributed by atoms with Crippen molar-refractivity contribution in [3.63, 3.8) is 0 Å². The molecule has 1 aromatic rings. The number of hydrogen-bond acceptors (Lipinski definition) is 4. The van der Waals surface area contributed by atoms with E-state index >= 15 is 0 Å². The number of fused-ring (bicyclic) bond motifs is 2. The Balaban J connectivity index is 0.00000225. The van der Waals surface area contributed by atoms with Crippen molar-refractivity contribution in [2.75, 3.05) is 25.5 Å². The maximum absolute atomic E-state index is 12.7. The Bertz CT molecular complexity index is 824. The van der Waals surface area contributed by atoms with Crippen LogP contribution in [0, 0.1) is 0 Å². The van der Waals surface area contributed by atoms with Crippen LogP contribution >= 0.6 is 0 Å². The van der Waals surface area contributed by atoms with Gasteiger partial charge in [0, 0.05) is 57.1 Å². The van der Waals surface area contributed by atoms with Gasteiger partial charge in [-0.1, -0.05) is 6.07 Å². The Kier molecular flexibility index (Phi) is 7.67. The minimum atomic E-state index is -3.67. The molecule has 1 fully saturated rings. The number of nitrogens with one attached hydrogen (secondary N) is 2. The maximum Gasteiger partial charge on any atom is 0.332 e. The number of aryl methyl sites for hydroxylation is 2. The monoisotopic (exact) mass is 430 g/mol. The molecule has 2 aliphatic carbocycles. The Morgan fingerprint density at radius 2 is 1.64 bits per heavy atom. The first-order valence-electron chi connectivity index (χ1n) is 10.1. The molecule has 2 N–H and O–H groups in total. The first-order chi connectivity index (χ1) is 12.9. The standard InChI is InChI=1S/C20H29N3O3S.K/c1-23-11-4-7-16(10-12-23)27(25,26)22-20(24)21-19-17-8-2-5-14(17)13-15-6-3-9-18(15)19;/h13,16H,2-12H2,1H3,(H2,21,22,24);. The summed E-state index contributed by atoms with van der Waals surface area (Å²) in [5, 5.41) is 2.42. The molecular weight excluding hydrogens is 401 g/mol. The second-order valence-corrected chi connectivity index (χ2v) is 10.2. The van der Waals surface area contributed by atoms with Gasteiger partial charge in [-0.3, -0.25) is 0 Å². The molecule has 1 heterocycles. The second-order valence-electron chi connectivity index (χ2n) is 8.19. The molecule has 8 heteroatoms. The minimum absolute atomic E-state index is 0. The van der Waals surface area contributed by atoms with Crippen molar-refractivity contribution in [1.82, 2.24) is 9.62 Å². The Hall–Kier alpha value is 0.0364. The van der Waals surface area contributed by atoms with Crippen LogP contribution < -0.4 is 10.0 Å². The molecule has 0 aromatic heterocycles. The SMILES string of the molecule is CN1CCCC(S(=O)(=O)NC(=O)Nc2c3c(cc4c2CCC4)CCC3)CC1.[K]. The molecular formula is C20H29KN3O3S. The zero-order chi connectivity index (χ0) is 19.0. The number of nitrogens with zero attached hydrogens (tertiary/aromatic N) is 1. The molecule has 3 aliphatic rings. The zero-order valence-corrected chi connectivity index (χ0v) is 21.0. The quantitative estimate of drug-likeness (QED) is 0.721. The number of anilines is 1. The van der Waals surface area contributed by atoms with Crippen molar-refractivity contribution in [1.29, 1.82) is 0 Å². The predicted octanol–water partition coefficient (Wildman–Crippen LogP) is 2.22. The second kappa shape index (κ2) is 9.45. The van der Waals surface area contributed by atoms with E-state index in [-0.39, 0.29) is 51.4 Å². The third-order valence-corrected chi connectivity index (χ3v) is 8.10. The van der Waals surface area contributed by atoms with E-state index in [9.17, 15) is 13.2 Å².